The summed E-state index contributed by atoms with van der Waals surface area (Å²) in [6.45, 7) is 2.91. The lowest BCUT2D eigenvalue weighted by molar-refractivity contribution is 0.413. The van der Waals surface area contributed by atoms with Gasteiger partial charge in [0.15, 0.2) is 0 Å². The van der Waals surface area contributed by atoms with Crippen molar-refractivity contribution >= 4 is 5.82 Å². The molecule has 2 rings (SSSR count). The lowest BCUT2D eigenvalue weighted by Gasteiger charge is -2.20. The van der Waals surface area contributed by atoms with Crippen LogP contribution in [-0.4, -0.2) is 18.6 Å². The van der Waals surface area contributed by atoms with E-state index < -0.39 is 0 Å². The first-order valence-corrected chi connectivity index (χ1v) is 6.34. The van der Waals surface area contributed by atoms with E-state index in [0.29, 0.717) is 5.82 Å². The average Bonchev–Trinajstić information content (AvgIpc) is 2.46. The normalized spacial score (nSPS) is 12.1. The van der Waals surface area contributed by atoms with Gasteiger partial charge in [-0.2, -0.15) is 0 Å². The van der Waals surface area contributed by atoms with Crippen molar-refractivity contribution in [2.75, 3.05) is 19.4 Å². The first kappa shape index (κ1) is 13.4. The van der Waals surface area contributed by atoms with Crippen molar-refractivity contribution < 1.29 is 4.74 Å². The summed E-state index contributed by atoms with van der Waals surface area (Å²) in [5.41, 5.74) is 8.07. The van der Waals surface area contributed by atoms with Crippen molar-refractivity contribution in [2.45, 2.75) is 13.0 Å². The van der Waals surface area contributed by atoms with E-state index in [4.69, 9.17) is 10.5 Å². The number of aromatic nitrogens is 1. The quantitative estimate of drug-likeness (QED) is 0.863. The Hall–Kier alpha value is -2.07. The molecule has 4 heteroatoms. The van der Waals surface area contributed by atoms with Gasteiger partial charge < -0.3 is 15.8 Å². The zero-order chi connectivity index (χ0) is 13.7. The zero-order valence-corrected chi connectivity index (χ0v) is 11.3. The molecule has 1 aromatic heterocycles. The van der Waals surface area contributed by atoms with E-state index in [1.807, 2.05) is 30.3 Å². The molecule has 0 fully saturated rings. The molecule has 0 amide bonds. The molecule has 100 valence electrons. The maximum Gasteiger partial charge on any atom is 0.128 e. The number of hydrogen-bond donors (Lipinski definition) is 2. The van der Waals surface area contributed by atoms with Gasteiger partial charge in [0, 0.05) is 11.8 Å². The minimum Gasteiger partial charge on any atom is -0.497 e. The summed E-state index contributed by atoms with van der Waals surface area (Å²) in [5, 5.41) is 3.43. The van der Waals surface area contributed by atoms with E-state index in [-0.39, 0.29) is 6.04 Å². The molecule has 3 N–H and O–H groups in total. The molecule has 4 nitrogen and oxygen atoms in total. The molecule has 1 aromatic carbocycles. The number of ether oxygens (including phenoxy) is 1. The molecule has 0 radical (unpaired) electrons. The second kappa shape index (κ2) is 6.20. The van der Waals surface area contributed by atoms with Gasteiger partial charge >= 0.3 is 0 Å². The van der Waals surface area contributed by atoms with E-state index >= 15 is 0 Å². The summed E-state index contributed by atoms with van der Waals surface area (Å²) in [4.78, 5) is 4.16. The van der Waals surface area contributed by atoms with Crippen LogP contribution in [0.25, 0.3) is 0 Å². The fraction of sp³-hybridized carbons (Fsp3) is 0.267. The van der Waals surface area contributed by atoms with Crippen LogP contribution in [-0.2, 0) is 0 Å². The van der Waals surface area contributed by atoms with Gasteiger partial charge in [0.2, 0.25) is 0 Å². The number of nitrogens with one attached hydrogen (secondary N) is 1. The Morgan fingerprint density at radius 1 is 1.32 bits per heavy atom. The van der Waals surface area contributed by atoms with Crippen molar-refractivity contribution in [3.8, 4) is 5.75 Å². The molecule has 1 heterocycles. The Balaban J connectivity index is 2.42. The highest BCUT2D eigenvalue weighted by Gasteiger charge is 2.16. The minimum atomic E-state index is 0.0220. The van der Waals surface area contributed by atoms with Gasteiger partial charge in [-0.1, -0.05) is 25.1 Å². The van der Waals surface area contributed by atoms with E-state index in [9.17, 15) is 0 Å². The van der Waals surface area contributed by atoms with Crippen molar-refractivity contribution in [2.24, 2.45) is 0 Å². The summed E-state index contributed by atoms with van der Waals surface area (Å²) < 4.78 is 5.27. The van der Waals surface area contributed by atoms with Crippen molar-refractivity contribution in [3.63, 3.8) is 0 Å². The molecular weight excluding hydrogens is 238 g/mol. The molecule has 0 saturated carbocycles. The molecule has 0 spiro atoms. The maximum absolute atomic E-state index is 5.98. The number of nitrogen functional groups attached to an aromatic ring is 1. The molecule has 0 bridgehead atoms. The standard InChI is InChI=1S/C15H19N3O/c1-3-17-14(13-8-5-9-18-15(13)16)11-6-4-7-12(10-11)19-2/h4-10,14,17H,3H2,1-2H3,(H2,16,18). The second-order valence-corrected chi connectivity index (χ2v) is 4.25. The van der Waals surface area contributed by atoms with Crippen LogP contribution >= 0.6 is 0 Å². The highest BCUT2D eigenvalue weighted by atomic mass is 16.5. The third-order valence-corrected chi connectivity index (χ3v) is 3.02. The third kappa shape index (κ3) is 3.03. The van der Waals surface area contributed by atoms with E-state index in [0.717, 1.165) is 23.4 Å². The van der Waals surface area contributed by atoms with Gasteiger partial charge in [-0.25, -0.2) is 4.98 Å². The van der Waals surface area contributed by atoms with E-state index in [2.05, 4.69) is 23.3 Å². The number of anilines is 1. The number of hydrogen-bond acceptors (Lipinski definition) is 4. The minimum absolute atomic E-state index is 0.0220. The molecule has 1 atom stereocenters. The van der Waals surface area contributed by atoms with Crippen molar-refractivity contribution in [1.29, 1.82) is 0 Å². The Morgan fingerprint density at radius 3 is 2.84 bits per heavy atom. The van der Waals surface area contributed by atoms with E-state index in [1.165, 1.54) is 0 Å². The molecular formula is C15H19N3O. The average molecular weight is 257 g/mol. The van der Waals surface area contributed by atoms with Crippen LogP contribution < -0.4 is 15.8 Å². The second-order valence-electron chi connectivity index (χ2n) is 4.25. The molecule has 1 unspecified atom stereocenters. The molecule has 19 heavy (non-hydrogen) atoms. The topological polar surface area (TPSA) is 60.2 Å². The summed E-state index contributed by atoms with van der Waals surface area (Å²) in [6, 6.07) is 11.9. The van der Waals surface area contributed by atoms with Crippen LogP contribution in [0.1, 0.15) is 24.1 Å². The summed E-state index contributed by atoms with van der Waals surface area (Å²) >= 11 is 0. The Morgan fingerprint density at radius 2 is 2.16 bits per heavy atom. The molecule has 0 aliphatic rings. The first-order chi connectivity index (χ1) is 9.26. The van der Waals surface area contributed by atoms with Crippen molar-refractivity contribution in [3.05, 3.63) is 53.7 Å². The van der Waals surface area contributed by atoms with Gasteiger partial charge in [0.05, 0.1) is 13.2 Å². The predicted molar refractivity (Wildman–Crippen MR) is 77.2 cm³/mol. The van der Waals surface area contributed by atoms with Crippen LogP contribution in [0.5, 0.6) is 5.75 Å². The number of benzene rings is 1. The largest absolute Gasteiger partial charge is 0.497 e. The number of nitrogens with two attached hydrogens (primary N) is 1. The highest BCUT2D eigenvalue weighted by Crippen LogP contribution is 2.27. The fourth-order valence-electron chi connectivity index (χ4n) is 2.11. The van der Waals surface area contributed by atoms with Crippen molar-refractivity contribution in [1.82, 2.24) is 10.3 Å². The number of nitrogens with zero attached hydrogens (tertiary/aromatic N) is 1. The van der Waals surface area contributed by atoms with Crippen LogP contribution in [0.3, 0.4) is 0 Å². The molecule has 0 aliphatic heterocycles. The van der Waals surface area contributed by atoms with Gasteiger partial charge in [0.1, 0.15) is 11.6 Å². The lowest BCUT2D eigenvalue weighted by atomic mass is 9.99. The summed E-state index contributed by atoms with van der Waals surface area (Å²) in [7, 11) is 1.67. The molecule has 0 aliphatic carbocycles. The fourth-order valence-corrected chi connectivity index (χ4v) is 2.11. The maximum atomic E-state index is 5.98. The number of rotatable bonds is 5. The SMILES string of the molecule is CCNC(c1cccc(OC)c1)c1cccnc1N. The predicted octanol–water partition coefficient (Wildman–Crippen LogP) is 2.37. The number of methoxy groups -OCH3 is 1. The Bertz CT molecular complexity index is 542. The monoisotopic (exact) mass is 257 g/mol. The van der Waals surface area contributed by atoms with E-state index in [1.54, 1.807) is 13.3 Å². The van der Waals surface area contributed by atoms with Gasteiger partial charge in [-0.3, -0.25) is 0 Å². The first-order valence-electron chi connectivity index (χ1n) is 6.34. The third-order valence-electron chi connectivity index (χ3n) is 3.02. The summed E-state index contributed by atoms with van der Waals surface area (Å²) in [5.74, 6) is 1.39. The Kier molecular flexibility index (Phi) is 4.36. The van der Waals surface area contributed by atoms with Crippen LogP contribution in [0, 0.1) is 0 Å². The Labute approximate surface area is 113 Å². The molecule has 2 aromatic rings. The van der Waals surface area contributed by atoms with Gasteiger partial charge in [-0.15, -0.1) is 0 Å². The van der Waals surface area contributed by atoms with Gasteiger partial charge in [-0.05, 0) is 30.3 Å². The smallest absolute Gasteiger partial charge is 0.128 e. The van der Waals surface area contributed by atoms with Crippen LogP contribution in [0.2, 0.25) is 0 Å². The highest BCUT2D eigenvalue weighted by molar-refractivity contribution is 5.46. The summed E-state index contributed by atoms with van der Waals surface area (Å²) in [6.07, 6.45) is 1.70. The van der Waals surface area contributed by atoms with Gasteiger partial charge in [0.25, 0.3) is 0 Å². The van der Waals surface area contributed by atoms with Crippen LogP contribution in [0.15, 0.2) is 42.6 Å². The number of pyridine rings is 1. The lowest BCUT2D eigenvalue weighted by Crippen LogP contribution is -2.23. The molecule has 0 saturated heterocycles. The zero-order valence-electron chi connectivity index (χ0n) is 11.3. The van der Waals surface area contributed by atoms with Crippen LogP contribution in [0.4, 0.5) is 5.82 Å².